The average Bonchev–Trinajstić information content (AvgIpc) is 3.38. The van der Waals surface area contributed by atoms with Crippen LogP contribution in [0.2, 0.25) is 0 Å². The molecule has 0 aromatic heterocycles. The van der Waals surface area contributed by atoms with Gasteiger partial charge in [-0.15, -0.1) is 0 Å². The van der Waals surface area contributed by atoms with Crippen molar-refractivity contribution in [1.29, 1.82) is 0 Å². The summed E-state index contributed by atoms with van der Waals surface area (Å²) in [5.74, 6) is 0. The fourth-order valence-electron chi connectivity index (χ4n) is 5.50. The van der Waals surface area contributed by atoms with E-state index in [1.54, 1.807) is 22.3 Å². The van der Waals surface area contributed by atoms with Gasteiger partial charge in [0.25, 0.3) is 0 Å². The molecule has 2 aliphatic rings. The predicted molar refractivity (Wildman–Crippen MR) is 149 cm³/mol. The Kier molecular flexibility index (Phi) is 13.2. The second-order valence-corrected chi connectivity index (χ2v) is 19.7. The zero-order chi connectivity index (χ0) is 23.2. The van der Waals surface area contributed by atoms with E-state index in [1.165, 1.54) is 50.3 Å². The van der Waals surface area contributed by atoms with Crippen LogP contribution in [0.15, 0.2) is 59.2 Å². The van der Waals surface area contributed by atoms with Crippen molar-refractivity contribution in [2.24, 2.45) is 0 Å². The van der Waals surface area contributed by atoms with E-state index in [1.807, 2.05) is 10.6 Å². The first-order valence-corrected chi connectivity index (χ1v) is 20.7. The molecule has 0 saturated heterocycles. The minimum Gasteiger partial charge on any atom is -1.00 e. The van der Waals surface area contributed by atoms with E-state index < -0.39 is 22.9 Å². The molecule has 0 nitrogen and oxygen atoms in total. The van der Waals surface area contributed by atoms with E-state index in [2.05, 4.69) is 88.4 Å². The molecule has 0 saturated carbocycles. The topological polar surface area (TPSA) is 0 Å². The Bertz CT molecular complexity index is 912. The van der Waals surface area contributed by atoms with Gasteiger partial charge >= 0.3 is 218 Å². The summed E-state index contributed by atoms with van der Waals surface area (Å²) >= 11 is -1.08. The van der Waals surface area contributed by atoms with Gasteiger partial charge in [0, 0.05) is 0 Å². The summed E-state index contributed by atoms with van der Waals surface area (Å²) in [6, 6.07) is 18.9. The Morgan fingerprint density at radius 3 is 1.26 bits per heavy atom. The molecule has 0 radical (unpaired) electrons. The normalized spacial score (nSPS) is 17.8. The van der Waals surface area contributed by atoms with Crippen LogP contribution in [0.5, 0.6) is 0 Å². The smallest absolute Gasteiger partial charge is 1.00 e. The third-order valence-corrected chi connectivity index (χ3v) is 21.6. The maximum absolute atomic E-state index is 2.66. The van der Waals surface area contributed by atoms with Crippen molar-refractivity contribution in [3.05, 3.63) is 81.4 Å². The molecule has 0 spiro atoms. The Labute approximate surface area is 226 Å². The van der Waals surface area contributed by atoms with E-state index >= 15 is 0 Å². The van der Waals surface area contributed by atoms with Crippen molar-refractivity contribution in [3.8, 4) is 0 Å². The molecule has 5 heteroatoms. The Balaban J connectivity index is 0.00000216. The van der Waals surface area contributed by atoms with Gasteiger partial charge in [0.1, 0.15) is 0 Å². The van der Waals surface area contributed by atoms with Crippen LogP contribution in [0.1, 0.15) is 83.0 Å². The largest absolute Gasteiger partial charge is 1.00 e. The summed E-state index contributed by atoms with van der Waals surface area (Å²) in [7, 11) is 0.0348. The first-order chi connectivity index (χ1) is 16.2. The SMILES string of the molecule is CCCP(CCC)C1=Cc2ccccc2[CH]1[Hf+2][CH]1C(P(CCC)CCC)=Cc2ccccc21.[F-].[F-]. The van der Waals surface area contributed by atoms with Crippen LogP contribution in [-0.2, 0) is 22.9 Å². The molecule has 0 heterocycles. The minimum absolute atomic E-state index is 0. The van der Waals surface area contributed by atoms with Crippen molar-refractivity contribution in [3.63, 3.8) is 0 Å². The van der Waals surface area contributed by atoms with E-state index in [0.29, 0.717) is 0 Å². The van der Waals surface area contributed by atoms with E-state index in [0.717, 1.165) is 7.35 Å². The van der Waals surface area contributed by atoms with Crippen LogP contribution in [0.25, 0.3) is 12.2 Å². The third-order valence-electron chi connectivity index (χ3n) is 6.85. The van der Waals surface area contributed by atoms with E-state index in [-0.39, 0.29) is 25.3 Å². The van der Waals surface area contributed by atoms with Crippen molar-refractivity contribution < 1.29 is 32.3 Å². The van der Waals surface area contributed by atoms with Crippen LogP contribution in [0.4, 0.5) is 0 Å². The van der Waals surface area contributed by atoms with Crippen molar-refractivity contribution in [2.45, 2.75) is 60.7 Å². The number of rotatable bonds is 12. The molecule has 2 aliphatic carbocycles. The molecular formula is C30H40F2HfP2. The zero-order valence-electron chi connectivity index (χ0n) is 21.7. The Morgan fingerprint density at radius 2 is 0.914 bits per heavy atom. The maximum atomic E-state index is 2.66. The van der Waals surface area contributed by atoms with Gasteiger partial charge in [0.15, 0.2) is 0 Å². The quantitative estimate of drug-likeness (QED) is 0.237. The summed E-state index contributed by atoms with van der Waals surface area (Å²) < 4.78 is 1.59. The number of hydrogen-bond donors (Lipinski definition) is 0. The number of benzene rings is 2. The molecule has 188 valence electrons. The van der Waals surface area contributed by atoms with E-state index in [9.17, 15) is 0 Å². The molecule has 0 fully saturated rings. The van der Waals surface area contributed by atoms with Gasteiger partial charge in [0.2, 0.25) is 0 Å². The first kappa shape index (κ1) is 30.7. The van der Waals surface area contributed by atoms with Gasteiger partial charge in [-0.05, 0) is 0 Å². The van der Waals surface area contributed by atoms with Crippen molar-refractivity contribution in [2.75, 3.05) is 24.6 Å². The molecule has 0 amide bonds. The molecule has 2 aromatic carbocycles. The van der Waals surface area contributed by atoms with Gasteiger partial charge in [-0.25, -0.2) is 0 Å². The van der Waals surface area contributed by atoms with E-state index in [4.69, 9.17) is 0 Å². The fraction of sp³-hybridized carbons (Fsp3) is 0.467. The average molecular weight is 679 g/mol. The molecule has 2 atom stereocenters. The monoisotopic (exact) mass is 680 g/mol. The Morgan fingerprint density at radius 1 is 0.571 bits per heavy atom. The molecular weight excluding hydrogens is 639 g/mol. The van der Waals surface area contributed by atoms with Gasteiger partial charge in [-0.3, -0.25) is 0 Å². The van der Waals surface area contributed by atoms with Crippen LogP contribution >= 0.6 is 15.8 Å². The second kappa shape index (κ2) is 15.1. The molecule has 0 N–H and O–H groups in total. The number of hydrogen-bond acceptors (Lipinski definition) is 0. The van der Waals surface area contributed by atoms with Crippen molar-refractivity contribution in [1.82, 2.24) is 0 Å². The Hall–Kier alpha value is -0.490. The minimum atomic E-state index is -1.08. The summed E-state index contributed by atoms with van der Waals surface area (Å²) in [5, 5.41) is 3.77. The van der Waals surface area contributed by atoms with Gasteiger partial charge in [-0.1, -0.05) is 0 Å². The van der Waals surface area contributed by atoms with Crippen LogP contribution in [0, 0.1) is 0 Å². The second-order valence-electron chi connectivity index (χ2n) is 9.40. The van der Waals surface area contributed by atoms with Gasteiger partial charge in [-0.2, -0.15) is 0 Å². The molecule has 2 aromatic rings. The standard InChI is InChI=1S/2C15H20P.2FH.Hf/c2*1-3-9-16(10-4-2)15-11-13-7-5-6-8-14(13)12-15;;;/h2*5-8,11-12H,3-4,9-10H2,1-2H3;2*1H;/q;;;;+2/p-2. The summed E-state index contributed by atoms with van der Waals surface area (Å²) in [4.78, 5) is 0. The van der Waals surface area contributed by atoms with Crippen LogP contribution < -0.4 is 9.41 Å². The summed E-state index contributed by atoms with van der Waals surface area (Å²) in [6.07, 6.45) is 16.3. The predicted octanol–water partition coefficient (Wildman–Crippen LogP) is 3.87. The molecule has 0 aliphatic heterocycles. The molecule has 2 unspecified atom stereocenters. The van der Waals surface area contributed by atoms with Gasteiger partial charge < -0.3 is 9.41 Å². The first-order valence-electron chi connectivity index (χ1n) is 13.1. The molecule has 35 heavy (non-hydrogen) atoms. The number of allylic oxidation sites excluding steroid dienone is 2. The van der Waals surface area contributed by atoms with Gasteiger partial charge in [0.05, 0.1) is 0 Å². The van der Waals surface area contributed by atoms with Crippen LogP contribution in [0.3, 0.4) is 0 Å². The maximum Gasteiger partial charge on any atom is -1.00 e. The number of halogens is 2. The number of fused-ring (bicyclic) bond motifs is 2. The zero-order valence-corrected chi connectivity index (χ0v) is 27.1. The summed E-state index contributed by atoms with van der Waals surface area (Å²) in [6.45, 7) is 9.56. The summed E-state index contributed by atoms with van der Waals surface area (Å²) in [5.41, 5.74) is 6.47. The molecule has 4 rings (SSSR count). The fourth-order valence-corrected chi connectivity index (χ4v) is 22.1. The van der Waals surface area contributed by atoms with Crippen molar-refractivity contribution >= 4 is 28.0 Å². The third kappa shape index (κ3) is 6.89. The van der Waals surface area contributed by atoms with Crippen LogP contribution in [-0.4, -0.2) is 24.6 Å². The molecule has 0 bridgehead atoms.